The van der Waals surface area contributed by atoms with Crippen molar-refractivity contribution in [2.75, 3.05) is 72.7 Å². The van der Waals surface area contributed by atoms with Gasteiger partial charge in [-0.2, -0.15) is 0 Å². The third-order valence-electron chi connectivity index (χ3n) is 9.70. The van der Waals surface area contributed by atoms with Crippen LogP contribution in [0.3, 0.4) is 0 Å². The molecule has 4 rings (SSSR count). The minimum Gasteiger partial charge on any atom is -0.464 e. The molecule has 4 unspecified atom stereocenters. The van der Waals surface area contributed by atoms with Gasteiger partial charge >= 0.3 is 11.9 Å². The van der Waals surface area contributed by atoms with Gasteiger partial charge in [-0.15, -0.1) is 46.4 Å². The molecular formula is C48H60Cl4F2N6O6. The molecule has 4 atom stereocenters. The quantitative estimate of drug-likeness (QED) is 0.0401. The van der Waals surface area contributed by atoms with Gasteiger partial charge in [0.05, 0.1) is 29.4 Å². The zero-order valence-electron chi connectivity index (χ0n) is 40.0. The van der Waals surface area contributed by atoms with Gasteiger partial charge < -0.3 is 41.4 Å². The largest absolute Gasteiger partial charge is 0.464 e. The molecule has 360 valence electrons. The van der Waals surface area contributed by atoms with Crippen molar-refractivity contribution >= 4 is 81.5 Å². The van der Waals surface area contributed by atoms with E-state index in [9.17, 15) is 28.0 Å². The highest BCUT2D eigenvalue weighted by atomic mass is 35.5. The lowest BCUT2D eigenvalue weighted by atomic mass is 10.0. The topological polar surface area (TPSA) is 169 Å². The minimum absolute atomic E-state index is 0.00972. The van der Waals surface area contributed by atoms with Gasteiger partial charge in [-0.1, -0.05) is 48.5 Å². The van der Waals surface area contributed by atoms with E-state index in [4.69, 9.17) is 71.5 Å². The maximum absolute atomic E-state index is 13.3. The molecule has 0 aliphatic rings. The first-order valence-electron chi connectivity index (χ1n) is 22.7. The molecule has 0 heterocycles. The molecule has 0 saturated heterocycles. The average molecular weight is 1000 g/mol. The fourth-order valence-corrected chi connectivity index (χ4v) is 7.17. The second-order valence-electron chi connectivity index (χ2n) is 14.5. The molecule has 66 heavy (non-hydrogen) atoms. The highest BCUT2D eigenvalue weighted by molar-refractivity contribution is 6.19. The van der Waals surface area contributed by atoms with Gasteiger partial charge in [-0.3, -0.25) is 9.59 Å². The van der Waals surface area contributed by atoms with Crippen LogP contribution in [0.1, 0.15) is 40.2 Å². The number of halogens is 6. The van der Waals surface area contributed by atoms with Crippen LogP contribution < -0.4 is 31.9 Å². The first-order chi connectivity index (χ1) is 32.7. The molecule has 6 N–H and O–H groups in total. The van der Waals surface area contributed by atoms with E-state index in [1.807, 2.05) is 34.1 Å². The van der Waals surface area contributed by atoms with Crippen LogP contribution in [-0.4, -0.2) is 111 Å². The summed E-state index contributed by atoms with van der Waals surface area (Å²) in [5, 5.41) is 4.81. The van der Waals surface area contributed by atoms with Crippen LogP contribution in [0.15, 0.2) is 97.1 Å². The molecule has 0 aromatic heterocycles. The summed E-state index contributed by atoms with van der Waals surface area (Å²) in [6.07, 6.45) is -0.456. The van der Waals surface area contributed by atoms with Crippen LogP contribution >= 0.6 is 46.4 Å². The number of hydrogen-bond donors (Lipinski definition) is 4. The number of ether oxygens (including phenoxy) is 2. The van der Waals surface area contributed by atoms with E-state index in [1.165, 1.54) is 48.5 Å². The van der Waals surface area contributed by atoms with E-state index in [0.717, 1.165) is 11.4 Å². The summed E-state index contributed by atoms with van der Waals surface area (Å²) in [6.45, 7) is 5.84. The first kappa shape index (κ1) is 50.7. The summed E-state index contributed by atoms with van der Waals surface area (Å²) in [7, 11) is 0. The number of rotatable bonds is 26. The van der Waals surface area contributed by atoms with Gasteiger partial charge in [0.2, 0.25) is 11.8 Å². The van der Waals surface area contributed by atoms with Gasteiger partial charge in [0.25, 0.3) is 0 Å². The highest BCUT2D eigenvalue weighted by Crippen LogP contribution is 2.19. The molecule has 18 heteroatoms. The predicted molar refractivity (Wildman–Crippen MR) is 261 cm³/mol. The number of nitrogens with one attached hydrogen (secondary N) is 2. The van der Waals surface area contributed by atoms with Crippen molar-refractivity contribution in [3.63, 3.8) is 0 Å². The number of benzene rings is 4. The molecule has 0 radical (unpaired) electrons. The van der Waals surface area contributed by atoms with Crippen LogP contribution in [0.2, 0.25) is 0 Å². The average Bonchev–Trinajstić information content (AvgIpc) is 3.30. The van der Waals surface area contributed by atoms with E-state index in [-0.39, 0.29) is 38.9 Å². The molecule has 2 amide bonds. The number of esters is 2. The third-order valence-corrected chi connectivity index (χ3v) is 10.4. The molecule has 0 bridgehead atoms. The maximum Gasteiger partial charge on any atom is 0.328 e. The van der Waals surface area contributed by atoms with Crippen LogP contribution in [0.4, 0.5) is 20.2 Å². The Morgan fingerprint density at radius 1 is 0.545 bits per heavy atom. The smallest absolute Gasteiger partial charge is 0.328 e. The van der Waals surface area contributed by atoms with E-state index < -0.39 is 59.5 Å². The summed E-state index contributed by atoms with van der Waals surface area (Å²) < 4.78 is 61.9. The second-order valence-corrected chi connectivity index (χ2v) is 16.0. The first-order valence-corrected chi connectivity index (χ1v) is 23.3. The summed E-state index contributed by atoms with van der Waals surface area (Å²) in [6, 6.07) is 17.7. The van der Waals surface area contributed by atoms with Crippen molar-refractivity contribution in [1.29, 1.82) is 0 Å². The fourth-order valence-electron chi connectivity index (χ4n) is 6.35. The lowest BCUT2D eigenvalue weighted by Crippen LogP contribution is -2.50. The number of hydrogen-bond acceptors (Lipinski definition) is 10. The number of carbonyl (C=O) groups excluding carboxylic acids is 4. The minimum atomic E-state index is -2.25. The van der Waals surface area contributed by atoms with Gasteiger partial charge in [0, 0.05) is 73.9 Å². The number of nitrogens with two attached hydrogens (primary N) is 2. The van der Waals surface area contributed by atoms with Gasteiger partial charge in [0.15, 0.2) is 0 Å². The normalized spacial score (nSPS) is 14.7. The monoisotopic (exact) mass is 997 g/mol. The SMILES string of the molecule is [2H]C(N)(Cc1ccc(N(CCCl)CCCl)cc1)C(=O)NC(Cc1ccc(F)cc1)C(=O)OCC.[2H]C(N)(Cc1ccc(N(CCCl)CCCl)cc1)C(=O)NC([2H])(Cc1ccc(F)cc1)C(=O)OCC. The Morgan fingerprint density at radius 3 is 1.26 bits per heavy atom. The fraction of sp³-hybridized carbons (Fsp3) is 0.417. The third kappa shape index (κ3) is 19.6. The van der Waals surface area contributed by atoms with Crippen molar-refractivity contribution < 1.29 is 41.5 Å². The van der Waals surface area contributed by atoms with Crippen LogP contribution in [0, 0.1) is 11.6 Å². The predicted octanol–water partition coefficient (Wildman–Crippen LogP) is 6.54. The standard InChI is InChI=1S/2C24H30Cl2FN3O3/c2*1-2-33-24(32)22(16-18-3-7-19(27)8-4-18)29-23(31)21(28)15-17-5-9-20(10-6-17)30(13-11-25)14-12-26/h2*3-10,21-22H,2,11-16,28H2,1H3,(H,29,31)/i21D,22D;21D. The van der Waals surface area contributed by atoms with Crippen LogP contribution in [0.25, 0.3) is 0 Å². The van der Waals surface area contributed by atoms with E-state index in [2.05, 4.69) is 10.6 Å². The lowest BCUT2D eigenvalue weighted by molar-refractivity contribution is -0.147. The Labute approximate surface area is 410 Å². The summed E-state index contributed by atoms with van der Waals surface area (Å²) >= 11 is 23.4. The van der Waals surface area contributed by atoms with Gasteiger partial charge in [0.1, 0.15) is 23.7 Å². The van der Waals surface area contributed by atoms with Gasteiger partial charge in [-0.25, -0.2) is 18.4 Å². The number of alkyl halides is 4. The van der Waals surface area contributed by atoms with E-state index >= 15 is 0 Å². The highest BCUT2D eigenvalue weighted by Gasteiger charge is 2.27. The Hall–Kier alpha value is -4.70. The second kappa shape index (κ2) is 30.6. The maximum atomic E-state index is 13.3. The van der Waals surface area contributed by atoms with Gasteiger partial charge in [-0.05, 0) is 97.5 Å². The Bertz CT molecular complexity index is 2210. The number of amides is 2. The van der Waals surface area contributed by atoms with Crippen molar-refractivity contribution in [3.8, 4) is 0 Å². The Balaban J connectivity index is 0.000000365. The van der Waals surface area contributed by atoms with Crippen LogP contribution in [-0.2, 0) is 54.3 Å². The molecule has 4 aromatic carbocycles. The summed E-state index contributed by atoms with van der Waals surface area (Å²) in [5.41, 5.74) is 16.2. The van der Waals surface area contributed by atoms with E-state index in [0.29, 0.717) is 72.0 Å². The summed E-state index contributed by atoms with van der Waals surface area (Å²) in [5.74, 6) is -2.59. The zero-order valence-corrected chi connectivity index (χ0v) is 40.0. The number of carbonyl (C=O) groups is 4. The zero-order chi connectivity index (χ0) is 51.2. The summed E-state index contributed by atoms with van der Waals surface area (Å²) in [4.78, 5) is 54.8. The molecule has 4 aromatic rings. The molecule has 0 saturated carbocycles. The molecule has 0 aliphatic carbocycles. The van der Waals surface area contributed by atoms with Crippen molar-refractivity contribution in [1.82, 2.24) is 10.6 Å². The molecule has 0 fully saturated rings. The molecule has 12 nitrogen and oxygen atoms in total. The Morgan fingerprint density at radius 2 is 0.879 bits per heavy atom. The number of nitrogens with zero attached hydrogens (tertiary/aromatic N) is 2. The van der Waals surface area contributed by atoms with E-state index in [1.54, 1.807) is 38.1 Å². The molecule has 0 aliphatic heterocycles. The molecule has 0 spiro atoms. The molecular weight excluding hydrogens is 936 g/mol. The van der Waals surface area contributed by atoms with Crippen molar-refractivity contribution in [2.45, 2.75) is 63.6 Å². The van der Waals surface area contributed by atoms with Crippen molar-refractivity contribution in [3.05, 3.63) is 131 Å². The number of anilines is 2. The Kier molecular flexibility index (Phi) is 23.5. The lowest BCUT2D eigenvalue weighted by Gasteiger charge is -2.23. The van der Waals surface area contributed by atoms with Crippen molar-refractivity contribution in [2.24, 2.45) is 11.5 Å². The van der Waals surface area contributed by atoms with Crippen LogP contribution in [0.5, 0.6) is 0 Å².